The normalized spacial score (nSPS) is 13.2. The highest BCUT2D eigenvalue weighted by molar-refractivity contribution is 7.98. The number of aryl methyl sites for hydroxylation is 1. The lowest BCUT2D eigenvalue weighted by Crippen LogP contribution is -2.31. The lowest BCUT2D eigenvalue weighted by molar-refractivity contribution is 0.0935. The van der Waals surface area contributed by atoms with Crippen molar-refractivity contribution in [3.8, 4) is 0 Å². The van der Waals surface area contributed by atoms with Gasteiger partial charge in [-0.05, 0) is 70.2 Å². The molecule has 4 rings (SSSR count). The largest absolute Gasteiger partial charge is 0.342 e. The summed E-state index contributed by atoms with van der Waals surface area (Å²) in [5.74, 6) is 1.64. The molecule has 0 bridgehead atoms. The van der Waals surface area contributed by atoms with Crippen LogP contribution >= 0.6 is 11.8 Å². The number of hydrogen-bond acceptors (Lipinski definition) is 6. The Balaban J connectivity index is 1.81. The van der Waals surface area contributed by atoms with Crippen LogP contribution in [0.3, 0.4) is 0 Å². The minimum Gasteiger partial charge on any atom is -0.342 e. The van der Waals surface area contributed by atoms with Crippen molar-refractivity contribution in [3.63, 3.8) is 0 Å². The molecule has 9 heteroatoms. The second-order valence-corrected chi connectivity index (χ2v) is 10.9. The molecule has 4 heterocycles. The molecule has 4 aromatic rings. The number of pyridine rings is 2. The Morgan fingerprint density at radius 3 is 2.65 bits per heavy atom. The zero-order valence-electron chi connectivity index (χ0n) is 21.0. The average molecular weight is 480 g/mol. The smallest absolute Gasteiger partial charge is 0.252 e. The molecule has 0 saturated heterocycles. The van der Waals surface area contributed by atoms with Crippen LogP contribution in [-0.2, 0) is 5.54 Å². The minimum absolute atomic E-state index is 0.148. The summed E-state index contributed by atoms with van der Waals surface area (Å²) in [6.07, 6.45) is 4.74. The molecule has 1 N–H and O–H groups in total. The van der Waals surface area contributed by atoms with Crippen LogP contribution in [0.1, 0.15) is 80.6 Å². The van der Waals surface area contributed by atoms with Gasteiger partial charge in [-0.2, -0.15) is 16.9 Å². The van der Waals surface area contributed by atoms with Gasteiger partial charge in [-0.15, -0.1) is 10.2 Å². The molecule has 0 fully saturated rings. The van der Waals surface area contributed by atoms with Crippen molar-refractivity contribution in [2.75, 3.05) is 12.0 Å². The van der Waals surface area contributed by atoms with Gasteiger partial charge < -0.3 is 5.32 Å². The summed E-state index contributed by atoms with van der Waals surface area (Å²) in [5, 5.41) is 17.5. The van der Waals surface area contributed by atoms with Gasteiger partial charge in [0.1, 0.15) is 0 Å². The Morgan fingerprint density at radius 1 is 1.21 bits per heavy atom. The molecular weight excluding hydrogens is 446 g/mol. The van der Waals surface area contributed by atoms with Gasteiger partial charge in [0.05, 0.1) is 28.2 Å². The van der Waals surface area contributed by atoms with E-state index < -0.39 is 0 Å². The Morgan fingerprint density at radius 2 is 1.97 bits per heavy atom. The van der Waals surface area contributed by atoms with Crippen molar-refractivity contribution in [2.24, 2.45) is 0 Å². The van der Waals surface area contributed by atoms with Crippen molar-refractivity contribution in [3.05, 3.63) is 53.2 Å². The third kappa shape index (κ3) is 4.53. The lowest BCUT2D eigenvalue weighted by atomic mass is 10.0. The number of aromatic nitrogens is 6. The fourth-order valence-corrected chi connectivity index (χ4v) is 4.56. The molecule has 0 radical (unpaired) electrons. The standard InChI is InChI=1S/C25H33N7OS/c1-15(2)19-14-17(21-16(3)30-32(23(21)26-19)25(4,5)6)24(33)27-18(11-13-34-7)22-29-28-20-10-8-9-12-31(20)22/h8-10,12,14-15,18H,11,13H2,1-7H3,(H,27,33). The van der Waals surface area contributed by atoms with Gasteiger partial charge in [-0.1, -0.05) is 19.9 Å². The van der Waals surface area contributed by atoms with Crippen molar-refractivity contribution >= 4 is 34.3 Å². The van der Waals surface area contributed by atoms with E-state index in [9.17, 15) is 4.79 Å². The zero-order valence-corrected chi connectivity index (χ0v) is 21.8. The highest BCUT2D eigenvalue weighted by Gasteiger charge is 2.27. The first-order valence-corrected chi connectivity index (χ1v) is 13.0. The molecule has 1 amide bonds. The van der Waals surface area contributed by atoms with Gasteiger partial charge in [0.25, 0.3) is 5.91 Å². The van der Waals surface area contributed by atoms with Crippen LogP contribution in [0.25, 0.3) is 16.7 Å². The summed E-state index contributed by atoms with van der Waals surface area (Å²) in [7, 11) is 0. The van der Waals surface area contributed by atoms with Crippen molar-refractivity contribution in [2.45, 2.75) is 65.5 Å². The van der Waals surface area contributed by atoms with Crippen LogP contribution in [0.15, 0.2) is 30.5 Å². The van der Waals surface area contributed by atoms with Crippen LogP contribution in [-0.4, -0.2) is 47.3 Å². The number of nitrogens with zero attached hydrogens (tertiary/aromatic N) is 6. The summed E-state index contributed by atoms with van der Waals surface area (Å²) < 4.78 is 3.87. The van der Waals surface area contributed by atoms with Crippen LogP contribution in [0.4, 0.5) is 0 Å². The maximum Gasteiger partial charge on any atom is 0.252 e. The molecule has 8 nitrogen and oxygen atoms in total. The van der Waals surface area contributed by atoms with Gasteiger partial charge in [0.2, 0.25) is 0 Å². The molecule has 1 unspecified atom stereocenters. The second kappa shape index (κ2) is 9.37. The van der Waals surface area contributed by atoms with Gasteiger partial charge in [0, 0.05) is 11.9 Å². The Kier molecular flexibility index (Phi) is 6.66. The van der Waals surface area contributed by atoms with E-state index in [0.29, 0.717) is 5.56 Å². The second-order valence-electron chi connectivity index (χ2n) is 9.91. The summed E-state index contributed by atoms with van der Waals surface area (Å²) >= 11 is 1.74. The van der Waals surface area contributed by atoms with Crippen molar-refractivity contribution in [1.82, 2.24) is 34.7 Å². The van der Waals surface area contributed by atoms with E-state index in [1.165, 1.54) is 0 Å². The molecule has 1 atom stereocenters. The van der Waals surface area contributed by atoms with E-state index in [1.807, 2.05) is 46.5 Å². The minimum atomic E-state index is -0.277. The quantitative estimate of drug-likeness (QED) is 0.406. The van der Waals surface area contributed by atoms with Gasteiger partial charge in [-0.3, -0.25) is 9.20 Å². The highest BCUT2D eigenvalue weighted by atomic mass is 32.2. The van der Waals surface area contributed by atoms with Crippen LogP contribution in [0.5, 0.6) is 0 Å². The molecule has 0 aliphatic rings. The molecule has 4 aromatic heterocycles. The monoisotopic (exact) mass is 479 g/mol. The number of hydrogen-bond donors (Lipinski definition) is 1. The van der Waals surface area contributed by atoms with Crippen LogP contribution in [0.2, 0.25) is 0 Å². The summed E-state index contributed by atoms with van der Waals surface area (Å²) in [6, 6.07) is 7.42. The molecule has 0 aliphatic heterocycles. The van der Waals surface area contributed by atoms with Gasteiger partial charge >= 0.3 is 0 Å². The molecule has 0 saturated carbocycles. The van der Waals surface area contributed by atoms with Crippen molar-refractivity contribution in [1.29, 1.82) is 0 Å². The zero-order chi connectivity index (χ0) is 24.6. The fourth-order valence-electron chi connectivity index (χ4n) is 4.09. The lowest BCUT2D eigenvalue weighted by Gasteiger charge is -2.21. The number of fused-ring (bicyclic) bond motifs is 2. The first-order valence-electron chi connectivity index (χ1n) is 11.6. The first-order chi connectivity index (χ1) is 16.1. The number of thioether (sulfide) groups is 1. The molecule has 0 aromatic carbocycles. The van der Waals surface area contributed by atoms with E-state index in [2.05, 4.69) is 56.4 Å². The summed E-state index contributed by atoms with van der Waals surface area (Å²) in [6.45, 7) is 12.4. The molecule has 0 aliphatic carbocycles. The molecule has 0 spiro atoms. The van der Waals surface area contributed by atoms with Crippen molar-refractivity contribution < 1.29 is 4.79 Å². The number of rotatable bonds is 7. The third-order valence-electron chi connectivity index (χ3n) is 5.87. The topological polar surface area (TPSA) is 90.0 Å². The van der Waals surface area contributed by atoms with E-state index in [4.69, 9.17) is 10.1 Å². The third-order valence-corrected chi connectivity index (χ3v) is 6.52. The number of carbonyl (C=O) groups is 1. The van der Waals surface area contributed by atoms with E-state index in [-0.39, 0.29) is 23.4 Å². The predicted octanol–water partition coefficient (Wildman–Crippen LogP) is 4.89. The Hall–Kier alpha value is -2.94. The number of amides is 1. The predicted molar refractivity (Wildman–Crippen MR) is 138 cm³/mol. The fraction of sp³-hybridized carbons (Fsp3) is 0.480. The van der Waals surface area contributed by atoms with E-state index in [1.54, 1.807) is 11.8 Å². The average Bonchev–Trinajstić information content (AvgIpc) is 3.37. The Labute approximate surface area is 204 Å². The van der Waals surface area contributed by atoms with Crippen LogP contribution in [0, 0.1) is 6.92 Å². The number of carbonyl (C=O) groups excluding carboxylic acids is 1. The van der Waals surface area contributed by atoms with Crippen LogP contribution < -0.4 is 5.32 Å². The highest BCUT2D eigenvalue weighted by Crippen LogP contribution is 2.29. The maximum atomic E-state index is 13.8. The summed E-state index contributed by atoms with van der Waals surface area (Å²) in [4.78, 5) is 18.7. The van der Waals surface area contributed by atoms with E-state index >= 15 is 0 Å². The molecule has 34 heavy (non-hydrogen) atoms. The maximum absolute atomic E-state index is 13.8. The Bertz CT molecular complexity index is 1330. The first kappa shape index (κ1) is 24.2. The van der Waals surface area contributed by atoms with Gasteiger partial charge in [-0.25, -0.2) is 9.67 Å². The SMILES string of the molecule is CSCCC(NC(=O)c1cc(C(C)C)nc2c1c(C)nn2C(C)(C)C)c1nnc2ccccn12. The summed E-state index contributed by atoms with van der Waals surface area (Å²) in [5.41, 5.74) is 3.52. The number of nitrogens with one attached hydrogen (secondary N) is 1. The molecule has 180 valence electrons. The molecular formula is C25H33N7OS. The van der Waals surface area contributed by atoms with Gasteiger partial charge in [0.15, 0.2) is 17.1 Å². The van der Waals surface area contributed by atoms with E-state index in [0.717, 1.165) is 46.1 Å².